The predicted molar refractivity (Wildman–Crippen MR) is 124 cm³/mol. The second-order valence-corrected chi connectivity index (χ2v) is 6.92. The number of rotatable bonds is 6. The van der Waals surface area contributed by atoms with Gasteiger partial charge in [-0.25, -0.2) is 15.0 Å². The molecule has 8 nitrogen and oxygen atoms in total. The fourth-order valence-electron chi connectivity index (χ4n) is 3.00. The molecule has 3 N–H and O–H groups in total. The quantitative estimate of drug-likeness (QED) is 0.421. The molecule has 0 spiro atoms. The van der Waals surface area contributed by atoms with E-state index in [2.05, 4.69) is 30.9 Å². The van der Waals surface area contributed by atoms with Crippen LogP contribution < -0.4 is 16.0 Å². The second kappa shape index (κ2) is 9.48. The van der Waals surface area contributed by atoms with Gasteiger partial charge in [-0.3, -0.25) is 9.59 Å². The van der Waals surface area contributed by atoms with E-state index in [1.807, 2.05) is 48.5 Å². The Bertz CT molecular complexity index is 1240. The van der Waals surface area contributed by atoms with Gasteiger partial charge in [0.1, 0.15) is 18.0 Å². The molecule has 158 valence electrons. The Balaban J connectivity index is 1.42. The monoisotopic (exact) mass is 424 g/mol. The molecule has 0 saturated carbocycles. The molecule has 0 aliphatic rings. The van der Waals surface area contributed by atoms with Crippen LogP contribution in [0.1, 0.15) is 17.3 Å². The van der Waals surface area contributed by atoms with Crippen LogP contribution in [0.15, 0.2) is 85.3 Å². The number of nitrogens with zero attached hydrogens (tertiary/aromatic N) is 3. The van der Waals surface area contributed by atoms with Gasteiger partial charge in [0.25, 0.3) is 5.91 Å². The van der Waals surface area contributed by atoms with Gasteiger partial charge in [0.05, 0.1) is 5.69 Å². The van der Waals surface area contributed by atoms with Gasteiger partial charge in [-0.15, -0.1) is 0 Å². The molecule has 0 bridgehead atoms. The summed E-state index contributed by atoms with van der Waals surface area (Å²) < 4.78 is 0. The SMILES string of the molecule is CC(=O)Nc1cc(C(=O)Nc2ccc(Nc3cc(-c4ccccc4)ncn3)cc2)ccn1. The molecular weight excluding hydrogens is 404 g/mol. The van der Waals surface area contributed by atoms with Gasteiger partial charge in [-0.05, 0) is 36.4 Å². The van der Waals surface area contributed by atoms with Crippen LogP contribution in [-0.4, -0.2) is 26.8 Å². The number of hydrogen-bond acceptors (Lipinski definition) is 6. The van der Waals surface area contributed by atoms with Crippen molar-refractivity contribution >= 4 is 34.8 Å². The lowest BCUT2D eigenvalue weighted by Gasteiger charge is -2.10. The first-order valence-corrected chi connectivity index (χ1v) is 9.86. The van der Waals surface area contributed by atoms with Gasteiger partial charge in [-0.1, -0.05) is 30.3 Å². The summed E-state index contributed by atoms with van der Waals surface area (Å²) in [6.45, 7) is 1.38. The number of benzene rings is 2. The lowest BCUT2D eigenvalue weighted by molar-refractivity contribution is -0.114. The van der Waals surface area contributed by atoms with Crippen molar-refractivity contribution in [3.63, 3.8) is 0 Å². The highest BCUT2D eigenvalue weighted by atomic mass is 16.2. The van der Waals surface area contributed by atoms with Gasteiger partial charge < -0.3 is 16.0 Å². The molecule has 0 saturated heterocycles. The fourth-order valence-corrected chi connectivity index (χ4v) is 3.00. The molecule has 4 rings (SSSR count). The minimum atomic E-state index is -0.303. The minimum Gasteiger partial charge on any atom is -0.340 e. The lowest BCUT2D eigenvalue weighted by atomic mass is 10.1. The molecule has 4 aromatic rings. The van der Waals surface area contributed by atoms with Crippen LogP contribution in [0.4, 0.5) is 23.0 Å². The third kappa shape index (κ3) is 5.31. The summed E-state index contributed by atoms with van der Waals surface area (Å²) in [5.41, 5.74) is 3.67. The van der Waals surface area contributed by atoms with Crippen LogP contribution in [0.5, 0.6) is 0 Å². The van der Waals surface area contributed by atoms with Gasteiger partial charge in [0.2, 0.25) is 5.91 Å². The predicted octanol–water partition coefficient (Wildman–Crippen LogP) is 4.49. The summed E-state index contributed by atoms with van der Waals surface area (Å²) in [6.07, 6.45) is 2.99. The van der Waals surface area contributed by atoms with E-state index in [9.17, 15) is 9.59 Å². The highest BCUT2D eigenvalue weighted by molar-refractivity contribution is 6.05. The van der Waals surface area contributed by atoms with E-state index < -0.39 is 0 Å². The Labute approximate surface area is 184 Å². The Morgan fingerprint density at radius 2 is 1.50 bits per heavy atom. The molecule has 0 aliphatic heterocycles. The number of carbonyl (C=O) groups is 2. The van der Waals surface area contributed by atoms with Gasteiger partial charge in [0, 0.05) is 41.7 Å². The zero-order chi connectivity index (χ0) is 22.3. The molecular formula is C24H20N6O2. The van der Waals surface area contributed by atoms with E-state index in [1.54, 1.807) is 18.2 Å². The molecule has 8 heteroatoms. The zero-order valence-corrected chi connectivity index (χ0v) is 17.2. The number of aromatic nitrogens is 3. The topological polar surface area (TPSA) is 109 Å². The molecule has 2 aromatic heterocycles. The van der Waals surface area contributed by atoms with Crippen molar-refractivity contribution in [2.24, 2.45) is 0 Å². The van der Waals surface area contributed by atoms with Gasteiger partial charge in [-0.2, -0.15) is 0 Å². The van der Waals surface area contributed by atoms with Crippen molar-refractivity contribution in [3.8, 4) is 11.3 Å². The van der Waals surface area contributed by atoms with E-state index in [4.69, 9.17) is 0 Å². The van der Waals surface area contributed by atoms with Crippen molar-refractivity contribution in [2.45, 2.75) is 6.92 Å². The summed E-state index contributed by atoms with van der Waals surface area (Å²) in [5, 5.41) is 8.63. The summed E-state index contributed by atoms with van der Waals surface area (Å²) >= 11 is 0. The number of anilines is 4. The first kappa shape index (κ1) is 20.7. The van der Waals surface area contributed by atoms with Crippen molar-refractivity contribution in [2.75, 3.05) is 16.0 Å². The maximum Gasteiger partial charge on any atom is 0.255 e. The van der Waals surface area contributed by atoms with E-state index >= 15 is 0 Å². The third-order valence-corrected chi connectivity index (χ3v) is 4.48. The smallest absolute Gasteiger partial charge is 0.255 e. The van der Waals surface area contributed by atoms with E-state index in [0.717, 1.165) is 16.9 Å². The normalized spacial score (nSPS) is 10.3. The van der Waals surface area contributed by atoms with Crippen LogP contribution in [0.2, 0.25) is 0 Å². The Hall–Kier alpha value is -4.59. The molecule has 2 amide bonds. The maximum atomic E-state index is 12.5. The minimum absolute atomic E-state index is 0.252. The number of nitrogens with one attached hydrogen (secondary N) is 3. The molecule has 0 aliphatic carbocycles. The standard InChI is InChI=1S/C24H20N6O2/c1-16(31)28-22-13-18(11-12-25-22)24(32)30-20-9-7-19(8-10-20)29-23-14-21(26-15-27-23)17-5-3-2-4-6-17/h2-15H,1H3,(H,30,32)(H,25,28,31)(H,26,27,29). The lowest BCUT2D eigenvalue weighted by Crippen LogP contribution is -2.13. The molecule has 32 heavy (non-hydrogen) atoms. The largest absolute Gasteiger partial charge is 0.340 e. The van der Waals surface area contributed by atoms with Crippen molar-refractivity contribution in [3.05, 3.63) is 90.9 Å². The van der Waals surface area contributed by atoms with Crippen molar-refractivity contribution in [1.29, 1.82) is 0 Å². The van der Waals surface area contributed by atoms with Crippen molar-refractivity contribution in [1.82, 2.24) is 15.0 Å². The van der Waals surface area contributed by atoms with Crippen LogP contribution in [0.3, 0.4) is 0 Å². The number of amides is 2. The Morgan fingerprint density at radius 1 is 0.750 bits per heavy atom. The van der Waals surface area contributed by atoms with E-state index in [0.29, 0.717) is 22.9 Å². The molecule has 0 radical (unpaired) electrons. The maximum absolute atomic E-state index is 12.5. The Kier molecular flexibility index (Phi) is 6.12. The number of hydrogen-bond donors (Lipinski definition) is 3. The average Bonchev–Trinajstić information content (AvgIpc) is 2.81. The fraction of sp³-hybridized carbons (Fsp3) is 0.0417. The molecule has 0 unspecified atom stereocenters. The average molecular weight is 424 g/mol. The molecule has 0 atom stereocenters. The van der Waals surface area contributed by atoms with E-state index in [-0.39, 0.29) is 11.8 Å². The van der Waals surface area contributed by atoms with Crippen LogP contribution in [0, 0.1) is 0 Å². The highest BCUT2D eigenvalue weighted by Crippen LogP contribution is 2.22. The number of pyridine rings is 1. The molecule has 2 aromatic carbocycles. The van der Waals surface area contributed by atoms with Crippen LogP contribution in [0.25, 0.3) is 11.3 Å². The van der Waals surface area contributed by atoms with Gasteiger partial charge >= 0.3 is 0 Å². The summed E-state index contributed by atoms with van der Waals surface area (Å²) in [4.78, 5) is 36.3. The Morgan fingerprint density at radius 3 is 2.25 bits per heavy atom. The van der Waals surface area contributed by atoms with Crippen LogP contribution in [-0.2, 0) is 4.79 Å². The second-order valence-electron chi connectivity index (χ2n) is 6.92. The van der Waals surface area contributed by atoms with Crippen LogP contribution >= 0.6 is 0 Å². The highest BCUT2D eigenvalue weighted by Gasteiger charge is 2.09. The summed E-state index contributed by atoms with van der Waals surface area (Å²) in [6, 6.07) is 22.1. The third-order valence-electron chi connectivity index (χ3n) is 4.48. The summed E-state index contributed by atoms with van der Waals surface area (Å²) in [7, 11) is 0. The van der Waals surface area contributed by atoms with Gasteiger partial charge in [0.15, 0.2) is 0 Å². The molecule has 2 heterocycles. The van der Waals surface area contributed by atoms with Crippen molar-refractivity contribution < 1.29 is 9.59 Å². The first-order valence-electron chi connectivity index (χ1n) is 9.86. The first-order chi connectivity index (χ1) is 15.6. The zero-order valence-electron chi connectivity index (χ0n) is 17.2. The number of carbonyl (C=O) groups excluding carboxylic acids is 2. The summed E-state index contributed by atoms with van der Waals surface area (Å²) in [5.74, 6) is 0.433. The van der Waals surface area contributed by atoms with E-state index in [1.165, 1.54) is 25.5 Å². The molecule has 0 fully saturated rings.